The molecule has 3 nitrogen and oxygen atoms in total. The van der Waals surface area contributed by atoms with Gasteiger partial charge in [-0.3, -0.25) is 0 Å². The molecular formula is C22H16Br2N2O. The van der Waals surface area contributed by atoms with E-state index < -0.39 is 0 Å². The highest BCUT2D eigenvalue weighted by Crippen LogP contribution is 2.48. The first-order chi connectivity index (χ1) is 13.2. The van der Waals surface area contributed by atoms with Crippen LogP contribution in [0.25, 0.3) is 0 Å². The number of hydrogen-bond acceptors (Lipinski definition) is 3. The lowest BCUT2D eigenvalue weighted by Crippen LogP contribution is -2.33. The SMILES string of the molecule is Brc1ccc([C@@H]2Oc3ccc(Br)cc3[C@H]3CC(c4ccccc4)=NN32)cc1. The van der Waals surface area contributed by atoms with Crippen LogP contribution in [0.4, 0.5) is 0 Å². The molecule has 0 saturated carbocycles. The third-order valence-electron chi connectivity index (χ3n) is 5.01. The summed E-state index contributed by atoms with van der Waals surface area (Å²) in [5, 5.41) is 7.10. The van der Waals surface area contributed by atoms with Gasteiger partial charge in [0.25, 0.3) is 0 Å². The Labute approximate surface area is 174 Å². The third kappa shape index (κ3) is 3.09. The number of nitrogens with zero attached hydrogens (tertiary/aromatic N) is 2. The van der Waals surface area contributed by atoms with Gasteiger partial charge in [-0.15, -0.1) is 0 Å². The van der Waals surface area contributed by atoms with E-state index in [1.807, 2.05) is 30.3 Å². The average Bonchev–Trinajstić information content (AvgIpc) is 3.15. The molecule has 0 bridgehead atoms. The molecule has 134 valence electrons. The van der Waals surface area contributed by atoms with Gasteiger partial charge >= 0.3 is 0 Å². The molecule has 3 aromatic rings. The zero-order valence-electron chi connectivity index (χ0n) is 14.3. The van der Waals surface area contributed by atoms with Gasteiger partial charge < -0.3 is 4.74 Å². The minimum absolute atomic E-state index is 0.162. The van der Waals surface area contributed by atoms with Crippen molar-refractivity contribution in [3.05, 3.63) is 98.4 Å². The zero-order valence-corrected chi connectivity index (χ0v) is 17.5. The van der Waals surface area contributed by atoms with Crippen LogP contribution in [0.1, 0.15) is 35.4 Å². The number of rotatable bonds is 2. The van der Waals surface area contributed by atoms with Gasteiger partial charge in [0, 0.05) is 26.5 Å². The largest absolute Gasteiger partial charge is 0.464 e. The topological polar surface area (TPSA) is 24.8 Å². The normalized spacial score (nSPS) is 20.5. The lowest BCUT2D eigenvalue weighted by molar-refractivity contribution is -0.0190. The summed E-state index contributed by atoms with van der Waals surface area (Å²) in [5.74, 6) is 0.928. The highest BCUT2D eigenvalue weighted by molar-refractivity contribution is 9.10. The number of hydrogen-bond donors (Lipinski definition) is 0. The van der Waals surface area contributed by atoms with Crippen molar-refractivity contribution in [1.29, 1.82) is 0 Å². The van der Waals surface area contributed by atoms with Crippen LogP contribution in [0, 0.1) is 0 Å². The van der Waals surface area contributed by atoms with Crippen LogP contribution in [0.5, 0.6) is 5.75 Å². The van der Waals surface area contributed by atoms with E-state index in [0.717, 1.165) is 38.0 Å². The Balaban J connectivity index is 1.61. The monoisotopic (exact) mass is 482 g/mol. The quantitative estimate of drug-likeness (QED) is 0.418. The Hall–Kier alpha value is -2.11. The fourth-order valence-corrected chi connectivity index (χ4v) is 4.35. The first-order valence-electron chi connectivity index (χ1n) is 8.82. The van der Waals surface area contributed by atoms with Crippen molar-refractivity contribution in [2.75, 3.05) is 0 Å². The molecule has 0 amide bonds. The highest BCUT2D eigenvalue weighted by atomic mass is 79.9. The number of ether oxygens (including phenoxy) is 1. The minimum Gasteiger partial charge on any atom is -0.464 e. The maximum Gasteiger partial charge on any atom is 0.213 e. The first kappa shape index (κ1) is 17.0. The Morgan fingerprint density at radius 3 is 2.41 bits per heavy atom. The van der Waals surface area contributed by atoms with Gasteiger partial charge in [0.2, 0.25) is 6.23 Å². The summed E-state index contributed by atoms with van der Waals surface area (Å²) >= 11 is 7.11. The molecule has 0 radical (unpaired) electrons. The summed E-state index contributed by atoms with van der Waals surface area (Å²) in [4.78, 5) is 0. The Kier molecular flexibility index (Phi) is 4.29. The third-order valence-corrected chi connectivity index (χ3v) is 6.04. The highest BCUT2D eigenvalue weighted by Gasteiger charge is 2.41. The van der Waals surface area contributed by atoms with Crippen LogP contribution >= 0.6 is 31.9 Å². The van der Waals surface area contributed by atoms with Crippen LogP contribution in [0.15, 0.2) is 86.8 Å². The summed E-state index contributed by atoms with van der Waals surface area (Å²) in [7, 11) is 0. The predicted molar refractivity (Wildman–Crippen MR) is 114 cm³/mol. The van der Waals surface area contributed by atoms with Gasteiger partial charge in [-0.2, -0.15) is 5.10 Å². The summed E-state index contributed by atoms with van der Waals surface area (Å²) in [6.07, 6.45) is 0.627. The second kappa shape index (κ2) is 6.80. The van der Waals surface area contributed by atoms with Crippen molar-refractivity contribution in [2.24, 2.45) is 5.10 Å². The van der Waals surface area contributed by atoms with E-state index in [0.29, 0.717) is 0 Å². The smallest absolute Gasteiger partial charge is 0.213 e. The second-order valence-corrected chi connectivity index (χ2v) is 8.55. The van der Waals surface area contributed by atoms with Gasteiger partial charge in [-0.05, 0) is 35.9 Å². The number of benzene rings is 3. The fourth-order valence-electron chi connectivity index (χ4n) is 3.71. The van der Waals surface area contributed by atoms with Crippen LogP contribution in [0.3, 0.4) is 0 Å². The molecule has 27 heavy (non-hydrogen) atoms. The number of hydrazone groups is 1. The molecule has 2 aliphatic rings. The molecule has 0 aliphatic carbocycles. The van der Waals surface area contributed by atoms with Gasteiger partial charge in [-0.1, -0.05) is 74.3 Å². The van der Waals surface area contributed by atoms with Crippen molar-refractivity contribution in [1.82, 2.24) is 5.01 Å². The lowest BCUT2D eigenvalue weighted by atomic mass is 9.96. The first-order valence-corrected chi connectivity index (χ1v) is 10.4. The molecule has 2 aliphatic heterocycles. The maximum absolute atomic E-state index is 6.39. The summed E-state index contributed by atoms with van der Waals surface area (Å²) in [6, 6.07) is 25.0. The molecule has 0 fully saturated rings. The molecule has 0 N–H and O–H groups in total. The van der Waals surface area contributed by atoms with Crippen molar-refractivity contribution < 1.29 is 4.74 Å². The molecule has 2 heterocycles. The zero-order chi connectivity index (χ0) is 18.4. The molecule has 0 unspecified atom stereocenters. The molecule has 5 heteroatoms. The molecule has 5 rings (SSSR count). The molecule has 3 aromatic carbocycles. The van der Waals surface area contributed by atoms with Crippen LogP contribution in [-0.4, -0.2) is 10.7 Å². The molecule has 0 saturated heterocycles. The molecule has 0 spiro atoms. The van der Waals surface area contributed by atoms with E-state index in [1.54, 1.807) is 0 Å². The van der Waals surface area contributed by atoms with E-state index in [-0.39, 0.29) is 12.3 Å². The van der Waals surface area contributed by atoms with E-state index >= 15 is 0 Å². The van der Waals surface area contributed by atoms with Crippen LogP contribution in [0.2, 0.25) is 0 Å². The van der Waals surface area contributed by atoms with E-state index in [4.69, 9.17) is 9.84 Å². The summed E-state index contributed by atoms with van der Waals surface area (Å²) in [5.41, 5.74) is 4.53. The van der Waals surface area contributed by atoms with Crippen molar-refractivity contribution in [2.45, 2.75) is 18.7 Å². The molecular weight excluding hydrogens is 468 g/mol. The van der Waals surface area contributed by atoms with E-state index in [9.17, 15) is 0 Å². The maximum atomic E-state index is 6.39. The van der Waals surface area contributed by atoms with Crippen LogP contribution in [-0.2, 0) is 0 Å². The summed E-state index contributed by atoms with van der Waals surface area (Å²) in [6.45, 7) is 0. The van der Waals surface area contributed by atoms with Gasteiger partial charge in [0.05, 0.1) is 11.8 Å². The van der Waals surface area contributed by atoms with Gasteiger partial charge in [0.15, 0.2) is 0 Å². The van der Waals surface area contributed by atoms with Crippen molar-refractivity contribution >= 4 is 37.6 Å². The van der Waals surface area contributed by atoms with Crippen molar-refractivity contribution in [3.8, 4) is 5.75 Å². The molecule has 2 atom stereocenters. The second-order valence-electron chi connectivity index (χ2n) is 6.72. The van der Waals surface area contributed by atoms with Gasteiger partial charge in [0.1, 0.15) is 5.75 Å². The number of halogens is 2. The van der Waals surface area contributed by atoms with Crippen molar-refractivity contribution in [3.63, 3.8) is 0 Å². The van der Waals surface area contributed by atoms with Gasteiger partial charge in [-0.25, -0.2) is 5.01 Å². The van der Waals surface area contributed by atoms with E-state index in [2.05, 4.69) is 79.3 Å². The molecule has 0 aromatic heterocycles. The standard InChI is InChI=1S/C22H16Br2N2O/c23-16-8-6-15(7-9-16)22-26-20(18-12-17(24)10-11-21(18)27-22)13-19(25-26)14-4-2-1-3-5-14/h1-12,20,22H,13H2/t20-,22+/m1/s1. The Morgan fingerprint density at radius 2 is 1.63 bits per heavy atom. The predicted octanol–water partition coefficient (Wildman–Crippen LogP) is 6.45. The van der Waals surface area contributed by atoms with Crippen LogP contribution < -0.4 is 4.74 Å². The van der Waals surface area contributed by atoms with E-state index in [1.165, 1.54) is 5.56 Å². The average molecular weight is 484 g/mol. The Bertz CT molecular complexity index is 1020. The number of fused-ring (bicyclic) bond motifs is 3. The minimum atomic E-state index is -0.238. The fraction of sp³-hybridized carbons (Fsp3) is 0.136. The summed E-state index contributed by atoms with van der Waals surface area (Å²) < 4.78 is 8.50. The Morgan fingerprint density at radius 1 is 0.889 bits per heavy atom. The lowest BCUT2D eigenvalue weighted by Gasteiger charge is -2.38.